The van der Waals surface area contributed by atoms with Crippen molar-refractivity contribution in [1.82, 2.24) is 14.7 Å². The minimum absolute atomic E-state index is 0.187. The summed E-state index contributed by atoms with van der Waals surface area (Å²) in [7, 11) is 0. The molecule has 0 unspecified atom stereocenters. The Kier molecular flexibility index (Phi) is 5.61. The Labute approximate surface area is 171 Å². The zero-order valence-corrected chi connectivity index (χ0v) is 18.1. The molecule has 2 amide bonds. The van der Waals surface area contributed by atoms with Crippen LogP contribution in [-0.2, 0) is 9.47 Å². The average Bonchev–Trinajstić information content (AvgIpc) is 2.93. The van der Waals surface area contributed by atoms with Gasteiger partial charge in [-0.15, -0.1) is 0 Å². The first kappa shape index (κ1) is 21.1. The third-order valence-corrected chi connectivity index (χ3v) is 4.68. The molecule has 1 aliphatic rings. The molecule has 1 aliphatic carbocycles. The molecule has 2 aromatic rings. The maximum Gasteiger partial charge on any atom is 0.419 e. The van der Waals surface area contributed by atoms with Crippen molar-refractivity contribution >= 4 is 23.1 Å². The van der Waals surface area contributed by atoms with Gasteiger partial charge in [-0.3, -0.25) is 4.68 Å². The molecule has 1 heterocycles. The number of hydrogen-bond acceptors (Lipinski definition) is 5. The Balaban J connectivity index is 1.65. The summed E-state index contributed by atoms with van der Waals surface area (Å²) in [6.45, 7) is 10.9. The van der Waals surface area contributed by atoms with Crippen LogP contribution in [0.3, 0.4) is 0 Å². The van der Waals surface area contributed by atoms with Gasteiger partial charge in [0.25, 0.3) is 0 Å². The number of benzene rings is 1. The van der Waals surface area contributed by atoms with Gasteiger partial charge in [-0.25, -0.2) is 14.5 Å². The molecule has 7 heteroatoms. The number of carbonyl (C=O) groups excluding carboxylic acids is 2. The van der Waals surface area contributed by atoms with Crippen molar-refractivity contribution in [1.29, 1.82) is 0 Å². The maximum absolute atomic E-state index is 12.6. The van der Waals surface area contributed by atoms with Crippen molar-refractivity contribution in [3.8, 4) is 0 Å². The molecule has 0 atom stereocenters. The van der Waals surface area contributed by atoms with E-state index in [1.54, 1.807) is 41.5 Å². The van der Waals surface area contributed by atoms with Gasteiger partial charge >= 0.3 is 12.2 Å². The molecular weight excluding hydrogens is 370 g/mol. The smallest absolute Gasteiger partial charge is 0.419 e. The number of rotatable bonds is 3. The van der Waals surface area contributed by atoms with Gasteiger partial charge in [0, 0.05) is 18.1 Å². The topological polar surface area (TPSA) is 73.7 Å². The summed E-state index contributed by atoms with van der Waals surface area (Å²) in [5.74, 6) is 0.187. The Morgan fingerprint density at radius 1 is 1.03 bits per heavy atom. The molecule has 0 saturated heterocycles. The van der Waals surface area contributed by atoms with E-state index in [9.17, 15) is 9.59 Å². The van der Waals surface area contributed by atoms with Crippen LogP contribution < -0.4 is 0 Å². The van der Waals surface area contributed by atoms with Crippen LogP contribution in [0.1, 0.15) is 60.4 Å². The molecule has 1 fully saturated rings. The number of nitrogens with zero attached hydrogens (tertiary/aromatic N) is 3. The summed E-state index contributed by atoms with van der Waals surface area (Å²) in [4.78, 5) is 26.3. The molecule has 158 valence electrons. The maximum atomic E-state index is 12.6. The van der Waals surface area contributed by atoms with Gasteiger partial charge in [-0.2, -0.15) is 5.10 Å². The fraction of sp³-hybridized carbons (Fsp3) is 0.591. The molecule has 1 aromatic carbocycles. The van der Waals surface area contributed by atoms with Gasteiger partial charge < -0.3 is 9.47 Å². The molecule has 0 spiro atoms. The van der Waals surface area contributed by atoms with Crippen LogP contribution >= 0.6 is 0 Å². The van der Waals surface area contributed by atoms with Crippen LogP contribution in [0.15, 0.2) is 30.5 Å². The molecule has 0 N–H and O–H groups in total. The largest absolute Gasteiger partial charge is 0.443 e. The summed E-state index contributed by atoms with van der Waals surface area (Å²) in [5, 5.41) is 5.75. The Morgan fingerprint density at radius 2 is 1.59 bits per heavy atom. The average molecular weight is 402 g/mol. The number of ether oxygens (including phenoxy) is 2. The standard InChI is InChI=1S/C22H31N3O4/c1-21(2,3)28-19(26)24(20(27)29-22(4,5)6)13-15-11-17(12-15)25-14-16-9-7-8-10-18(16)23-25/h7-10,14-15,17H,11-13H2,1-6H3. The first-order valence-corrected chi connectivity index (χ1v) is 10.1. The van der Waals surface area contributed by atoms with Crippen molar-refractivity contribution < 1.29 is 19.1 Å². The van der Waals surface area contributed by atoms with Gasteiger partial charge in [0.2, 0.25) is 0 Å². The SMILES string of the molecule is CC(C)(C)OC(=O)N(CC1CC(n2cc3ccccc3n2)C1)C(=O)OC(C)(C)C. The third-order valence-electron chi connectivity index (χ3n) is 4.68. The zero-order chi connectivity index (χ0) is 21.4. The lowest BCUT2D eigenvalue weighted by Crippen LogP contribution is -2.47. The van der Waals surface area contributed by atoms with Crippen molar-refractivity contribution in [2.45, 2.75) is 71.6 Å². The molecule has 1 aromatic heterocycles. The van der Waals surface area contributed by atoms with Crippen LogP contribution in [-0.4, -0.2) is 44.6 Å². The van der Waals surface area contributed by atoms with Gasteiger partial charge in [-0.05, 0) is 66.4 Å². The Hall–Kier alpha value is -2.57. The van der Waals surface area contributed by atoms with E-state index >= 15 is 0 Å². The summed E-state index contributed by atoms with van der Waals surface area (Å²) < 4.78 is 12.8. The molecule has 7 nitrogen and oxygen atoms in total. The van der Waals surface area contributed by atoms with Gasteiger partial charge in [0.05, 0.1) is 11.6 Å². The second kappa shape index (κ2) is 7.69. The van der Waals surface area contributed by atoms with Crippen molar-refractivity contribution in [3.63, 3.8) is 0 Å². The minimum Gasteiger partial charge on any atom is -0.443 e. The van der Waals surface area contributed by atoms with Crippen LogP contribution in [0.25, 0.3) is 10.9 Å². The summed E-state index contributed by atoms with van der Waals surface area (Å²) in [6.07, 6.45) is 2.40. The number of aromatic nitrogens is 2. The Bertz CT molecular complexity index is 824. The monoisotopic (exact) mass is 401 g/mol. The number of fused-ring (bicyclic) bond motifs is 1. The van der Waals surface area contributed by atoms with E-state index in [1.807, 2.05) is 28.9 Å². The second-order valence-corrected chi connectivity index (χ2v) is 9.73. The highest BCUT2D eigenvalue weighted by molar-refractivity contribution is 5.88. The van der Waals surface area contributed by atoms with E-state index in [-0.39, 0.29) is 18.5 Å². The van der Waals surface area contributed by atoms with Crippen LogP contribution in [0.5, 0.6) is 0 Å². The molecular formula is C22H31N3O4. The third kappa shape index (κ3) is 5.49. The van der Waals surface area contributed by atoms with Crippen molar-refractivity contribution in [3.05, 3.63) is 30.5 Å². The predicted molar refractivity (Wildman–Crippen MR) is 111 cm³/mol. The van der Waals surface area contributed by atoms with E-state index < -0.39 is 23.4 Å². The van der Waals surface area contributed by atoms with Crippen LogP contribution in [0.4, 0.5) is 9.59 Å². The number of amides is 2. The molecule has 3 rings (SSSR count). The van der Waals surface area contributed by atoms with Crippen LogP contribution in [0.2, 0.25) is 0 Å². The molecule has 0 radical (unpaired) electrons. The number of carbonyl (C=O) groups is 2. The number of hydrogen-bond donors (Lipinski definition) is 0. The van der Waals surface area contributed by atoms with E-state index in [2.05, 4.69) is 11.3 Å². The van der Waals surface area contributed by atoms with Gasteiger partial charge in [0.1, 0.15) is 11.2 Å². The van der Waals surface area contributed by atoms with Crippen LogP contribution in [0, 0.1) is 5.92 Å². The van der Waals surface area contributed by atoms with Crippen molar-refractivity contribution in [2.75, 3.05) is 6.54 Å². The Morgan fingerprint density at radius 3 is 2.10 bits per heavy atom. The summed E-state index contributed by atoms with van der Waals surface area (Å²) >= 11 is 0. The highest BCUT2D eigenvalue weighted by Crippen LogP contribution is 2.38. The molecule has 0 bridgehead atoms. The van der Waals surface area contributed by atoms with Gasteiger partial charge in [-0.1, -0.05) is 18.2 Å². The second-order valence-electron chi connectivity index (χ2n) is 9.73. The zero-order valence-electron chi connectivity index (χ0n) is 18.1. The van der Waals surface area contributed by atoms with Crippen molar-refractivity contribution in [2.24, 2.45) is 5.92 Å². The normalized spacial score (nSPS) is 19.5. The minimum atomic E-state index is -0.686. The first-order chi connectivity index (χ1) is 13.4. The van der Waals surface area contributed by atoms with E-state index in [4.69, 9.17) is 9.47 Å². The quantitative estimate of drug-likeness (QED) is 0.710. The highest BCUT2D eigenvalue weighted by atomic mass is 16.6. The van der Waals surface area contributed by atoms with Gasteiger partial charge in [0.15, 0.2) is 0 Å². The fourth-order valence-electron chi connectivity index (χ4n) is 3.35. The predicted octanol–water partition coefficient (Wildman–Crippen LogP) is 5.16. The van der Waals surface area contributed by atoms with E-state index in [0.717, 1.165) is 28.6 Å². The molecule has 0 aliphatic heterocycles. The first-order valence-electron chi connectivity index (χ1n) is 10.1. The van der Waals surface area contributed by atoms with E-state index in [1.165, 1.54) is 0 Å². The molecule has 1 saturated carbocycles. The fourth-order valence-corrected chi connectivity index (χ4v) is 3.35. The summed E-state index contributed by atoms with van der Waals surface area (Å²) in [5.41, 5.74) is -0.399. The van der Waals surface area contributed by atoms with E-state index in [0.29, 0.717) is 0 Å². The lowest BCUT2D eigenvalue weighted by Gasteiger charge is -2.38. The number of imide groups is 1. The molecule has 29 heavy (non-hydrogen) atoms. The lowest BCUT2D eigenvalue weighted by atomic mass is 9.80. The highest BCUT2D eigenvalue weighted by Gasteiger charge is 2.38. The lowest BCUT2D eigenvalue weighted by molar-refractivity contribution is -0.00638. The summed E-state index contributed by atoms with van der Waals surface area (Å²) in [6, 6.07) is 8.28.